The first-order valence-electron chi connectivity index (χ1n) is 18.5. The predicted molar refractivity (Wildman–Crippen MR) is 224 cm³/mol. The van der Waals surface area contributed by atoms with E-state index in [-0.39, 0.29) is 0 Å². The summed E-state index contributed by atoms with van der Waals surface area (Å²) in [4.78, 5) is 10.7. The fraction of sp³-hybridized carbons (Fsp3) is 0.0196. The van der Waals surface area contributed by atoms with Crippen LogP contribution < -0.4 is 0 Å². The molecular formula is C51H33N3. The number of benzene rings is 8. The molecule has 0 saturated carbocycles. The number of hydrogen-bond donors (Lipinski definition) is 0. The second-order valence-corrected chi connectivity index (χ2v) is 14.2. The molecule has 1 aliphatic carbocycles. The Morgan fingerprint density at radius 1 is 0.407 bits per heavy atom. The van der Waals surface area contributed by atoms with Crippen molar-refractivity contribution in [3.8, 4) is 61.8 Å². The van der Waals surface area contributed by atoms with Crippen molar-refractivity contribution < 1.29 is 0 Å². The van der Waals surface area contributed by atoms with Gasteiger partial charge in [0.05, 0.1) is 22.4 Å². The lowest BCUT2D eigenvalue weighted by Gasteiger charge is -2.14. The minimum absolute atomic E-state index is 0.744. The van der Waals surface area contributed by atoms with E-state index in [1.54, 1.807) is 0 Å². The SMILES string of the molecule is c1ccc(-c2ccc3cc(-c4nc(-c5ccccc5)nc5c4Cc4cccc(-c6ccc(-n7c8ccccc8c8ccccc87)cc6)c4-5)ccc3c2)cc1. The summed E-state index contributed by atoms with van der Waals surface area (Å²) in [6.45, 7) is 0. The molecule has 1 aliphatic rings. The Balaban J connectivity index is 1.04. The average Bonchev–Trinajstić information content (AvgIpc) is 3.80. The summed E-state index contributed by atoms with van der Waals surface area (Å²) < 4.78 is 2.37. The molecule has 0 amide bonds. The lowest BCUT2D eigenvalue weighted by atomic mass is 9.95. The highest BCUT2D eigenvalue weighted by Gasteiger charge is 2.28. The topological polar surface area (TPSA) is 30.7 Å². The number of hydrogen-bond acceptors (Lipinski definition) is 2. The average molecular weight is 688 g/mol. The molecule has 0 radical (unpaired) electrons. The maximum absolute atomic E-state index is 5.36. The number of para-hydroxylation sites is 2. The van der Waals surface area contributed by atoms with Crippen molar-refractivity contribution in [3.05, 3.63) is 199 Å². The molecule has 0 atom stereocenters. The maximum Gasteiger partial charge on any atom is 0.160 e. The minimum atomic E-state index is 0.744. The Bertz CT molecular complexity index is 3000. The maximum atomic E-state index is 5.36. The van der Waals surface area contributed by atoms with E-state index in [0.717, 1.165) is 40.4 Å². The van der Waals surface area contributed by atoms with E-state index in [2.05, 4.69) is 187 Å². The quantitative estimate of drug-likeness (QED) is 0.180. The monoisotopic (exact) mass is 687 g/mol. The second-order valence-electron chi connectivity index (χ2n) is 14.2. The second kappa shape index (κ2) is 12.3. The Kier molecular flexibility index (Phi) is 6.93. The van der Waals surface area contributed by atoms with E-state index in [1.165, 1.54) is 71.5 Å². The van der Waals surface area contributed by atoms with E-state index in [9.17, 15) is 0 Å². The molecule has 8 aromatic carbocycles. The fourth-order valence-electron chi connectivity index (χ4n) is 8.47. The van der Waals surface area contributed by atoms with Crippen LogP contribution >= 0.6 is 0 Å². The Morgan fingerprint density at radius 2 is 0.981 bits per heavy atom. The standard InChI is InChI=1S/C51H33N3/c1-3-12-33(13-4-1)36-22-23-38-31-40(25-24-37(38)30-36)49-45-32-39-16-11-19-42(48(39)50(45)53-51(52-49)35-14-5-2-6-15-35)34-26-28-41(29-27-34)54-46-20-9-7-17-43(46)44-18-8-10-21-47(44)54/h1-31H,32H2. The van der Waals surface area contributed by atoms with Crippen LogP contribution in [0.5, 0.6) is 0 Å². The molecule has 252 valence electrons. The van der Waals surface area contributed by atoms with Gasteiger partial charge < -0.3 is 4.57 Å². The van der Waals surface area contributed by atoms with Gasteiger partial charge in [0, 0.05) is 45.1 Å². The molecule has 2 aromatic heterocycles. The Morgan fingerprint density at radius 3 is 1.69 bits per heavy atom. The molecule has 3 heteroatoms. The van der Waals surface area contributed by atoms with Crippen molar-refractivity contribution >= 4 is 32.6 Å². The first-order valence-corrected chi connectivity index (χ1v) is 18.5. The summed E-state index contributed by atoms with van der Waals surface area (Å²) in [6, 6.07) is 67.5. The van der Waals surface area contributed by atoms with Crippen LogP contribution in [-0.4, -0.2) is 14.5 Å². The summed E-state index contributed by atoms with van der Waals surface area (Å²) in [7, 11) is 0. The van der Waals surface area contributed by atoms with Gasteiger partial charge in [0.15, 0.2) is 5.82 Å². The van der Waals surface area contributed by atoms with Crippen LogP contribution in [-0.2, 0) is 6.42 Å². The molecule has 10 aromatic rings. The van der Waals surface area contributed by atoms with Gasteiger partial charge in [-0.15, -0.1) is 0 Å². The summed E-state index contributed by atoms with van der Waals surface area (Å²) in [6.07, 6.45) is 0.785. The highest BCUT2D eigenvalue weighted by molar-refractivity contribution is 6.09. The van der Waals surface area contributed by atoms with Crippen molar-refractivity contribution in [2.24, 2.45) is 0 Å². The molecule has 0 unspecified atom stereocenters. The highest BCUT2D eigenvalue weighted by Crippen LogP contribution is 2.46. The predicted octanol–water partition coefficient (Wildman–Crippen LogP) is 13.0. The van der Waals surface area contributed by atoms with Crippen molar-refractivity contribution in [1.29, 1.82) is 0 Å². The summed E-state index contributed by atoms with van der Waals surface area (Å²) in [5, 5.41) is 4.94. The van der Waals surface area contributed by atoms with E-state index in [0.29, 0.717) is 0 Å². The Hall–Kier alpha value is -7.10. The molecule has 0 saturated heterocycles. The van der Waals surface area contributed by atoms with Crippen molar-refractivity contribution in [2.75, 3.05) is 0 Å². The third-order valence-electron chi connectivity index (χ3n) is 11.0. The summed E-state index contributed by atoms with van der Waals surface area (Å²) >= 11 is 0. The lowest BCUT2D eigenvalue weighted by Crippen LogP contribution is -1.99. The molecule has 11 rings (SSSR count). The van der Waals surface area contributed by atoms with E-state index < -0.39 is 0 Å². The molecule has 0 spiro atoms. The van der Waals surface area contributed by atoms with Crippen molar-refractivity contribution in [1.82, 2.24) is 14.5 Å². The molecule has 0 aliphatic heterocycles. The lowest BCUT2D eigenvalue weighted by molar-refractivity contribution is 1.13. The first-order chi connectivity index (χ1) is 26.8. The van der Waals surface area contributed by atoms with Gasteiger partial charge in [0.2, 0.25) is 0 Å². The number of aromatic nitrogens is 3. The molecule has 0 bridgehead atoms. The third kappa shape index (κ3) is 4.90. The zero-order valence-corrected chi connectivity index (χ0v) is 29.4. The van der Waals surface area contributed by atoms with Crippen molar-refractivity contribution in [2.45, 2.75) is 6.42 Å². The van der Waals surface area contributed by atoms with Gasteiger partial charge >= 0.3 is 0 Å². The van der Waals surface area contributed by atoms with Gasteiger partial charge in [-0.1, -0.05) is 152 Å². The highest BCUT2D eigenvalue weighted by atomic mass is 15.0. The smallest absolute Gasteiger partial charge is 0.160 e. The van der Waals surface area contributed by atoms with Gasteiger partial charge in [0.1, 0.15) is 0 Å². The van der Waals surface area contributed by atoms with Crippen LogP contribution in [0.15, 0.2) is 188 Å². The van der Waals surface area contributed by atoms with Crippen LogP contribution in [0.25, 0.3) is 94.4 Å². The van der Waals surface area contributed by atoms with E-state index in [4.69, 9.17) is 9.97 Å². The minimum Gasteiger partial charge on any atom is -0.309 e. The molecular weight excluding hydrogens is 655 g/mol. The molecule has 54 heavy (non-hydrogen) atoms. The van der Waals surface area contributed by atoms with Crippen LogP contribution in [0.1, 0.15) is 11.1 Å². The molecule has 0 fully saturated rings. The van der Waals surface area contributed by atoms with Crippen LogP contribution in [0.3, 0.4) is 0 Å². The van der Waals surface area contributed by atoms with Gasteiger partial charge in [-0.25, -0.2) is 9.97 Å². The normalized spacial score (nSPS) is 12.0. The van der Waals surface area contributed by atoms with E-state index in [1.807, 2.05) is 6.07 Å². The molecule has 2 heterocycles. The van der Waals surface area contributed by atoms with Gasteiger partial charge in [-0.2, -0.15) is 0 Å². The Labute approximate surface area is 313 Å². The van der Waals surface area contributed by atoms with Crippen LogP contribution in [0.4, 0.5) is 0 Å². The van der Waals surface area contributed by atoms with Crippen LogP contribution in [0.2, 0.25) is 0 Å². The van der Waals surface area contributed by atoms with E-state index >= 15 is 0 Å². The third-order valence-corrected chi connectivity index (χ3v) is 11.0. The molecule has 3 nitrogen and oxygen atoms in total. The van der Waals surface area contributed by atoms with Gasteiger partial charge in [0.25, 0.3) is 0 Å². The molecule has 0 N–H and O–H groups in total. The largest absolute Gasteiger partial charge is 0.309 e. The zero-order chi connectivity index (χ0) is 35.6. The van der Waals surface area contributed by atoms with Crippen molar-refractivity contribution in [3.63, 3.8) is 0 Å². The number of fused-ring (bicyclic) bond motifs is 7. The summed E-state index contributed by atoms with van der Waals surface area (Å²) in [5.74, 6) is 0.744. The first kappa shape index (κ1) is 30.5. The van der Waals surface area contributed by atoms with Gasteiger partial charge in [-0.3, -0.25) is 0 Å². The summed E-state index contributed by atoms with van der Waals surface area (Å²) in [5.41, 5.74) is 16.2. The zero-order valence-electron chi connectivity index (χ0n) is 29.4. The van der Waals surface area contributed by atoms with Crippen LogP contribution in [0, 0.1) is 0 Å². The van der Waals surface area contributed by atoms with Gasteiger partial charge in [-0.05, 0) is 75.0 Å². The number of nitrogens with zero attached hydrogens (tertiary/aromatic N) is 3. The number of rotatable bonds is 5. The fourth-order valence-corrected chi connectivity index (χ4v) is 8.47.